The van der Waals surface area contributed by atoms with E-state index in [1.54, 1.807) is 6.33 Å². The molecule has 5 nitrogen and oxygen atoms in total. The maximum atomic E-state index is 5.45. The molecular formula is C11H17N5. The lowest BCUT2D eigenvalue weighted by molar-refractivity contribution is 0.664. The van der Waals surface area contributed by atoms with Crippen LogP contribution in [0.1, 0.15) is 30.8 Å². The molecule has 2 aromatic heterocycles. The van der Waals surface area contributed by atoms with Crippen LogP contribution in [0.25, 0.3) is 5.65 Å². The lowest BCUT2D eigenvalue weighted by Gasteiger charge is -1.99. The molecule has 0 atom stereocenters. The summed E-state index contributed by atoms with van der Waals surface area (Å²) < 4.78 is 1.95. The van der Waals surface area contributed by atoms with E-state index in [1.807, 2.05) is 17.4 Å². The lowest BCUT2D eigenvalue weighted by atomic mass is 10.2. The minimum Gasteiger partial charge on any atom is -0.330 e. The van der Waals surface area contributed by atoms with Crippen LogP contribution in [0.2, 0.25) is 0 Å². The standard InChI is InChI=1S/C11H17N5/c1-9-7-11-15-14-10(16(11)8-13-9)5-3-2-4-6-12/h7-8H,2-6,12H2,1H3. The van der Waals surface area contributed by atoms with Gasteiger partial charge in [-0.2, -0.15) is 0 Å². The Hall–Kier alpha value is -1.49. The van der Waals surface area contributed by atoms with Gasteiger partial charge >= 0.3 is 0 Å². The highest BCUT2D eigenvalue weighted by Gasteiger charge is 2.04. The van der Waals surface area contributed by atoms with E-state index in [2.05, 4.69) is 15.2 Å². The van der Waals surface area contributed by atoms with Gasteiger partial charge in [0.1, 0.15) is 12.2 Å². The molecule has 5 heteroatoms. The quantitative estimate of drug-likeness (QED) is 0.765. The molecule has 0 aliphatic heterocycles. The average Bonchev–Trinajstić information content (AvgIpc) is 2.67. The number of aryl methyl sites for hydroxylation is 2. The molecule has 0 unspecified atom stereocenters. The molecule has 2 heterocycles. The van der Waals surface area contributed by atoms with Crippen LogP contribution >= 0.6 is 0 Å². The molecule has 0 aliphatic rings. The minimum atomic E-state index is 0.765. The van der Waals surface area contributed by atoms with Gasteiger partial charge in [-0.1, -0.05) is 6.42 Å². The minimum absolute atomic E-state index is 0.765. The fourth-order valence-electron chi connectivity index (χ4n) is 1.71. The molecule has 2 rings (SSSR count). The molecule has 0 fully saturated rings. The van der Waals surface area contributed by atoms with Crippen LogP contribution in [0.4, 0.5) is 0 Å². The van der Waals surface area contributed by atoms with Crippen molar-refractivity contribution in [1.29, 1.82) is 0 Å². The summed E-state index contributed by atoms with van der Waals surface area (Å²) in [7, 11) is 0. The van der Waals surface area contributed by atoms with Crippen LogP contribution in [-0.2, 0) is 6.42 Å². The molecular weight excluding hydrogens is 202 g/mol. The van der Waals surface area contributed by atoms with E-state index in [4.69, 9.17) is 5.73 Å². The number of unbranched alkanes of at least 4 members (excludes halogenated alkanes) is 2. The van der Waals surface area contributed by atoms with Crippen LogP contribution < -0.4 is 5.73 Å². The third kappa shape index (κ3) is 2.36. The predicted octanol–water partition coefficient (Wildman–Crippen LogP) is 1.10. The van der Waals surface area contributed by atoms with Crippen molar-refractivity contribution >= 4 is 5.65 Å². The first-order valence-corrected chi connectivity index (χ1v) is 5.67. The Labute approximate surface area is 94.7 Å². The number of hydrogen-bond donors (Lipinski definition) is 1. The maximum absolute atomic E-state index is 5.45. The van der Waals surface area contributed by atoms with Gasteiger partial charge in [0, 0.05) is 18.2 Å². The number of hydrogen-bond acceptors (Lipinski definition) is 4. The lowest BCUT2D eigenvalue weighted by Crippen LogP contribution is -2.00. The van der Waals surface area contributed by atoms with Gasteiger partial charge in [-0.05, 0) is 26.3 Å². The number of rotatable bonds is 5. The van der Waals surface area contributed by atoms with Crippen LogP contribution in [0.3, 0.4) is 0 Å². The van der Waals surface area contributed by atoms with Crippen molar-refractivity contribution in [2.24, 2.45) is 5.73 Å². The Bertz CT molecular complexity index is 462. The molecule has 0 aliphatic carbocycles. The van der Waals surface area contributed by atoms with E-state index in [1.165, 1.54) is 0 Å². The van der Waals surface area contributed by atoms with Gasteiger partial charge in [-0.3, -0.25) is 4.40 Å². The zero-order valence-corrected chi connectivity index (χ0v) is 9.56. The van der Waals surface area contributed by atoms with Crippen molar-refractivity contribution in [2.45, 2.75) is 32.6 Å². The van der Waals surface area contributed by atoms with Crippen molar-refractivity contribution in [3.8, 4) is 0 Å². The second-order valence-electron chi connectivity index (χ2n) is 3.97. The van der Waals surface area contributed by atoms with Crippen molar-refractivity contribution in [1.82, 2.24) is 19.6 Å². The Kier molecular flexibility index (Phi) is 3.46. The van der Waals surface area contributed by atoms with Crippen molar-refractivity contribution < 1.29 is 0 Å². The zero-order valence-electron chi connectivity index (χ0n) is 9.56. The summed E-state index contributed by atoms with van der Waals surface area (Å²) >= 11 is 0. The largest absolute Gasteiger partial charge is 0.330 e. The topological polar surface area (TPSA) is 69.1 Å². The average molecular weight is 219 g/mol. The summed E-state index contributed by atoms with van der Waals surface area (Å²) in [6, 6.07) is 1.94. The summed E-state index contributed by atoms with van der Waals surface area (Å²) in [6.45, 7) is 2.72. The van der Waals surface area contributed by atoms with Crippen LogP contribution in [-0.4, -0.2) is 26.1 Å². The van der Waals surface area contributed by atoms with Gasteiger partial charge in [0.15, 0.2) is 5.65 Å². The van der Waals surface area contributed by atoms with Crippen molar-refractivity contribution in [3.63, 3.8) is 0 Å². The molecule has 16 heavy (non-hydrogen) atoms. The van der Waals surface area contributed by atoms with E-state index in [9.17, 15) is 0 Å². The molecule has 0 saturated heterocycles. The normalized spacial score (nSPS) is 11.1. The highest BCUT2D eigenvalue weighted by molar-refractivity contribution is 5.37. The summed E-state index contributed by atoms with van der Waals surface area (Å²) in [5.41, 5.74) is 7.30. The van der Waals surface area contributed by atoms with E-state index in [0.717, 1.165) is 49.4 Å². The third-order valence-corrected chi connectivity index (χ3v) is 2.61. The molecule has 0 aromatic carbocycles. The SMILES string of the molecule is Cc1cc2nnc(CCCCCN)n2cn1. The Morgan fingerprint density at radius 3 is 2.94 bits per heavy atom. The Morgan fingerprint density at radius 1 is 1.25 bits per heavy atom. The molecule has 2 N–H and O–H groups in total. The Morgan fingerprint density at radius 2 is 2.12 bits per heavy atom. The van der Waals surface area contributed by atoms with E-state index in [0.29, 0.717) is 0 Å². The first kappa shape index (κ1) is 11.0. The number of aromatic nitrogens is 4. The van der Waals surface area contributed by atoms with Gasteiger partial charge in [0.2, 0.25) is 0 Å². The molecule has 0 bridgehead atoms. The molecule has 0 amide bonds. The fourth-order valence-corrected chi connectivity index (χ4v) is 1.71. The monoisotopic (exact) mass is 219 g/mol. The van der Waals surface area contributed by atoms with Gasteiger partial charge in [-0.15, -0.1) is 10.2 Å². The van der Waals surface area contributed by atoms with E-state index >= 15 is 0 Å². The molecule has 86 valence electrons. The van der Waals surface area contributed by atoms with Crippen LogP contribution in [0.15, 0.2) is 12.4 Å². The van der Waals surface area contributed by atoms with E-state index in [-0.39, 0.29) is 0 Å². The zero-order chi connectivity index (χ0) is 11.4. The highest BCUT2D eigenvalue weighted by atomic mass is 15.3. The van der Waals surface area contributed by atoms with Crippen molar-refractivity contribution in [3.05, 3.63) is 23.9 Å². The van der Waals surface area contributed by atoms with Crippen LogP contribution in [0.5, 0.6) is 0 Å². The van der Waals surface area contributed by atoms with E-state index < -0.39 is 0 Å². The Balaban J connectivity index is 2.07. The summed E-state index contributed by atoms with van der Waals surface area (Å²) in [6.07, 6.45) is 6.06. The van der Waals surface area contributed by atoms with Crippen LogP contribution in [0, 0.1) is 6.92 Å². The fraction of sp³-hybridized carbons (Fsp3) is 0.545. The number of nitrogens with two attached hydrogens (primary N) is 1. The number of fused-ring (bicyclic) bond motifs is 1. The summed E-state index contributed by atoms with van der Waals surface area (Å²) in [5.74, 6) is 0.986. The first-order valence-electron chi connectivity index (χ1n) is 5.67. The maximum Gasteiger partial charge on any atom is 0.163 e. The van der Waals surface area contributed by atoms with Gasteiger partial charge in [0.05, 0.1) is 0 Å². The highest BCUT2D eigenvalue weighted by Crippen LogP contribution is 2.07. The van der Waals surface area contributed by atoms with Gasteiger partial charge in [0.25, 0.3) is 0 Å². The molecule has 0 spiro atoms. The second-order valence-corrected chi connectivity index (χ2v) is 3.97. The van der Waals surface area contributed by atoms with Gasteiger partial charge < -0.3 is 5.73 Å². The van der Waals surface area contributed by atoms with Gasteiger partial charge in [-0.25, -0.2) is 4.98 Å². The predicted molar refractivity (Wildman–Crippen MR) is 62.1 cm³/mol. The molecule has 2 aromatic rings. The molecule has 0 radical (unpaired) electrons. The summed E-state index contributed by atoms with van der Waals surface area (Å²) in [5, 5.41) is 8.30. The van der Waals surface area contributed by atoms with Crippen molar-refractivity contribution in [2.75, 3.05) is 6.54 Å². The first-order chi connectivity index (χ1) is 7.81. The number of nitrogens with zero attached hydrogens (tertiary/aromatic N) is 4. The molecule has 0 saturated carbocycles. The smallest absolute Gasteiger partial charge is 0.163 e. The summed E-state index contributed by atoms with van der Waals surface area (Å²) in [4.78, 5) is 4.25. The second kappa shape index (κ2) is 5.03. The third-order valence-electron chi connectivity index (χ3n) is 2.61.